The topological polar surface area (TPSA) is 58.9 Å². The number of hydrogen-bond donors (Lipinski definition) is 2. The first-order valence-electron chi connectivity index (χ1n) is 4.32. The summed E-state index contributed by atoms with van der Waals surface area (Å²) in [6, 6.07) is 7.56. The molecule has 14 heavy (non-hydrogen) atoms. The third-order valence-electron chi connectivity index (χ3n) is 1.82. The zero-order chi connectivity index (χ0) is 10.2. The van der Waals surface area contributed by atoms with Crippen molar-refractivity contribution in [2.24, 2.45) is 0 Å². The summed E-state index contributed by atoms with van der Waals surface area (Å²) in [5.74, 6) is 0. The second-order valence-electron chi connectivity index (χ2n) is 2.72. The van der Waals surface area contributed by atoms with E-state index in [1.807, 2.05) is 24.3 Å². The smallest absolute Gasteiger partial charge is 0.144 e. The van der Waals surface area contributed by atoms with E-state index in [-0.39, 0.29) is 13.6 Å². The third kappa shape index (κ3) is 3.43. The van der Waals surface area contributed by atoms with Gasteiger partial charge in [0.2, 0.25) is 0 Å². The van der Waals surface area contributed by atoms with Crippen LogP contribution in [0, 0.1) is 0 Å². The van der Waals surface area contributed by atoms with Gasteiger partial charge in [0.1, 0.15) is 13.6 Å². The van der Waals surface area contributed by atoms with Gasteiger partial charge in [-0.2, -0.15) is 0 Å². The van der Waals surface area contributed by atoms with Gasteiger partial charge in [0.05, 0.1) is 13.2 Å². The highest BCUT2D eigenvalue weighted by molar-refractivity contribution is 5.25. The predicted molar refractivity (Wildman–Crippen MR) is 50.2 cm³/mol. The van der Waals surface area contributed by atoms with Crippen LogP contribution in [0.5, 0.6) is 0 Å². The third-order valence-corrected chi connectivity index (χ3v) is 1.82. The summed E-state index contributed by atoms with van der Waals surface area (Å²) in [6.07, 6.45) is 0. The van der Waals surface area contributed by atoms with Gasteiger partial charge in [0, 0.05) is 0 Å². The molecule has 4 heteroatoms. The average molecular weight is 198 g/mol. The fraction of sp³-hybridized carbons (Fsp3) is 0.400. The SMILES string of the molecule is OCOCc1ccccc1COCO. The number of ether oxygens (including phenoxy) is 2. The highest BCUT2D eigenvalue weighted by Gasteiger charge is 2.01. The van der Waals surface area contributed by atoms with Crippen molar-refractivity contribution in [2.45, 2.75) is 13.2 Å². The second kappa shape index (κ2) is 6.50. The lowest BCUT2D eigenvalue weighted by Crippen LogP contribution is -2.01. The number of benzene rings is 1. The Morgan fingerprint density at radius 2 is 1.29 bits per heavy atom. The van der Waals surface area contributed by atoms with Crippen LogP contribution in [0.4, 0.5) is 0 Å². The summed E-state index contributed by atoms with van der Waals surface area (Å²) >= 11 is 0. The molecule has 1 aromatic carbocycles. The molecule has 0 atom stereocenters. The van der Waals surface area contributed by atoms with E-state index in [9.17, 15) is 0 Å². The van der Waals surface area contributed by atoms with Crippen molar-refractivity contribution in [1.82, 2.24) is 0 Å². The molecule has 0 aliphatic carbocycles. The number of rotatable bonds is 6. The monoisotopic (exact) mass is 198 g/mol. The number of aliphatic hydroxyl groups is 2. The Morgan fingerprint density at radius 3 is 1.64 bits per heavy atom. The fourth-order valence-electron chi connectivity index (χ4n) is 1.15. The van der Waals surface area contributed by atoms with Gasteiger partial charge in [-0.15, -0.1) is 0 Å². The lowest BCUT2D eigenvalue weighted by Gasteiger charge is -2.08. The molecule has 2 N–H and O–H groups in total. The van der Waals surface area contributed by atoms with E-state index in [0.717, 1.165) is 11.1 Å². The lowest BCUT2D eigenvalue weighted by atomic mass is 10.1. The Labute approximate surface area is 82.7 Å². The minimum atomic E-state index is -0.296. The van der Waals surface area contributed by atoms with Crippen molar-refractivity contribution < 1.29 is 19.7 Å². The van der Waals surface area contributed by atoms with Crippen molar-refractivity contribution >= 4 is 0 Å². The number of hydrogen-bond acceptors (Lipinski definition) is 4. The first kappa shape index (κ1) is 11.1. The van der Waals surface area contributed by atoms with Crippen molar-refractivity contribution in [2.75, 3.05) is 13.6 Å². The van der Waals surface area contributed by atoms with Crippen LogP contribution in [0.1, 0.15) is 11.1 Å². The Balaban J connectivity index is 2.60. The van der Waals surface area contributed by atoms with Gasteiger partial charge in [-0.1, -0.05) is 24.3 Å². The molecule has 4 nitrogen and oxygen atoms in total. The first-order chi connectivity index (χ1) is 6.88. The molecule has 0 amide bonds. The molecule has 0 heterocycles. The second-order valence-corrected chi connectivity index (χ2v) is 2.72. The zero-order valence-electron chi connectivity index (χ0n) is 7.85. The maximum atomic E-state index is 8.50. The summed E-state index contributed by atoms with van der Waals surface area (Å²) in [6.45, 7) is 0.104. The number of aliphatic hydroxyl groups excluding tert-OH is 2. The molecule has 1 aromatic rings. The minimum Gasteiger partial charge on any atom is -0.371 e. The van der Waals surface area contributed by atoms with Crippen LogP contribution in [-0.4, -0.2) is 23.8 Å². The summed E-state index contributed by atoms with van der Waals surface area (Å²) < 4.78 is 9.76. The van der Waals surface area contributed by atoms with Gasteiger partial charge in [-0.25, -0.2) is 0 Å². The summed E-state index contributed by atoms with van der Waals surface area (Å²) in [5.41, 5.74) is 1.91. The van der Waals surface area contributed by atoms with Crippen molar-refractivity contribution in [3.05, 3.63) is 35.4 Å². The molecule has 0 saturated carbocycles. The van der Waals surface area contributed by atoms with Crippen LogP contribution < -0.4 is 0 Å². The van der Waals surface area contributed by atoms with Crippen LogP contribution in [0.25, 0.3) is 0 Å². The zero-order valence-corrected chi connectivity index (χ0v) is 7.85. The largest absolute Gasteiger partial charge is 0.371 e. The maximum Gasteiger partial charge on any atom is 0.144 e. The van der Waals surface area contributed by atoms with Crippen LogP contribution in [0.15, 0.2) is 24.3 Å². The van der Waals surface area contributed by atoms with Crippen LogP contribution in [0.2, 0.25) is 0 Å². The normalized spacial score (nSPS) is 10.4. The van der Waals surface area contributed by atoms with E-state index in [1.165, 1.54) is 0 Å². The average Bonchev–Trinajstić information content (AvgIpc) is 2.24. The summed E-state index contributed by atoms with van der Waals surface area (Å²) in [5, 5.41) is 17.0. The quantitative estimate of drug-likeness (QED) is 0.658. The summed E-state index contributed by atoms with van der Waals surface area (Å²) in [7, 11) is 0. The predicted octanol–water partition coefficient (Wildman–Crippen LogP) is 0.619. The van der Waals surface area contributed by atoms with Crippen LogP contribution >= 0.6 is 0 Å². The van der Waals surface area contributed by atoms with Crippen LogP contribution in [0.3, 0.4) is 0 Å². The van der Waals surface area contributed by atoms with Gasteiger partial charge < -0.3 is 19.7 Å². The van der Waals surface area contributed by atoms with E-state index < -0.39 is 0 Å². The van der Waals surface area contributed by atoms with Crippen LogP contribution in [-0.2, 0) is 22.7 Å². The molecule has 78 valence electrons. The van der Waals surface area contributed by atoms with E-state index in [0.29, 0.717) is 13.2 Å². The van der Waals surface area contributed by atoms with E-state index in [1.54, 1.807) is 0 Å². The van der Waals surface area contributed by atoms with Gasteiger partial charge in [-0.05, 0) is 11.1 Å². The lowest BCUT2D eigenvalue weighted by molar-refractivity contribution is -0.0191. The highest BCUT2D eigenvalue weighted by Crippen LogP contribution is 2.11. The molecule has 1 rings (SSSR count). The fourth-order valence-corrected chi connectivity index (χ4v) is 1.15. The van der Waals surface area contributed by atoms with E-state index in [2.05, 4.69) is 0 Å². The molecular formula is C10H14O4. The van der Waals surface area contributed by atoms with Crippen molar-refractivity contribution in [3.8, 4) is 0 Å². The molecule has 0 fully saturated rings. The first-order valence-corrected chi connectivity index (χ1v) is 4.32. The van der Waals surface area contributed by atoms with Crippen molar-refractivity contribution in [1.29, 1.82) is 0 Å². The van der Waals surface area contributed by atoms with E-state index in [4.69, 9.17) is 19.7 Å². The molecular weight excluding hydrogens is 184 g/mol. The minimum absolute atomic E-state index is 0.296. The van der Waals surface area contributed by atoms with Gasteiger partial charge in [-0.3, -0.25) is 0 Å². The standard InChI is InChI=1S/C10H14O4/c11-7-13-5-9-3-1-2-4-10(9)6-14-8-12/h1-4,11-12H,5-8H2. The molecule has 0 aromatic heterocycles. The molecule has 0 bridgehead atoms. The molecule has 0 saturated heterocycles. The molecule has 0 aliphatic heterocycles. The molecule has 0 spiro atoms. The summed E-state index contributed by atoms with van der Waals surface area (Å²) in [4.78, 5) is 0. The Morgan fingerprint density at radius 1 is 0.857 bits per heavy atom. The Bertz CT molecular complexity index is 235. The maximum absolute atomic E-state index is 8.50. The molecule has 0 aliphatic rings. The Hall–Kier alpha value is -0.940. The van der Waals surface area contributed by atoms with E-state index >= 15 is 0 Å². The molecule has 0 unspecified atom stereocenters. The van der Waals surface area contributed by atoms with Crippen molar-refractivity contribution in [3.63, 3.8) is 0 Å². The van der Waals surface area contributed by atoms with Gasteiger partial charge in [0.25, 0.3) is 0 Å². The van der Waals surface area contributed by atoms with Gasteiger partial charge >= 0.3 is 0 Å². The molecule has 0 radical (unpaired) electrons. The highest BCUT2D eigenvalue weighted by atomic mass is 16.6. The van der Waals surface area contributed by atoms with Gasteiger partial charge in [0.15, 0.2) is 0 Å². The Kier molecular flexibility index (Phi) is 5.17.